The molecule has 2 unspecified atom stereocenters. The topological polar surface area (TPSA) is 0 Å². The molecule has 4 rings (SSSR count). The van der Waals surface area contributed by atoms with Crippen molar-refractivity contribution in [3.05, 3.63) is 91.3 Å². The molecule has 0 bridgehead atoms. The van der Waals surface area contributed by atoms with Gasteiger partial charge in [0.15, 0.2) is 0 Å². The van der Waals surface area contributed by atoms with E-state index in [0.29, 0.717) is 0 Å². The van der Waals surface area contributed by atoms with Crippen LogP contribution in [0, 0.1) is 12.3 Å². The average Bonchev–Trinajstić information content (AvgIpc) is 3.10. The van der Waals surface area contributed by atoms with E-state index < -0.39 is 23.2 Å². The average molecular weight is 464 g/mol. The molecule has 0 fully saturated rings. The monoisotopic (exact) mass is 462 g/mol. The van der Waals surface area contributed by atoms with Gasteiger partial charge in [-0.1, -0.05) is 0 Å². The van der Waals surface area contributed by atoms with E-state index in [0.717, 1.165) is 8.58 Å². The maximum atomic E-state index is 2.58. The molecule has 0 spiro atoms. The Labute approximate surface area is 183 Å². The summed E-state index contributed by atoms with van der Waals surface area (Å²) in [6.45, 7) is 14.2. The minimum absolute atomic E-state index is 0.217. The van der Waals surface area contributed by atoms with Gasteiger partial charge in [0.1, 0.15) is 0 Å². The van der Waals surface area contributed by atoms with Gasteiger partial charge < -0.3 is 0 Å². The molecule has 2 heteroatoms. The number of rotatable bonds is 4. The van der Waals surface area contributed by atoms with Crippen molar-refractivity contribution in [2.24, 2.45) is 5.41 Å². The fourth-order valence-corrected chi connectivity index (χ4v) is 12.6. The van der Waals surface area contributed by atoms with Gasteiger partial charge in [-0.15, -0.1) is 0 Å². The van der Waals surface area contributed by atoms with Crippen LogP contribution < -0.4 is 5.30 Å². The summed E-state index contributed by atoms with van der Waals surface area (Å²) >= 11 is -0.935. The van der Waals surface area contributed by atoms with Crippen LogP contribution in [-0.4, -0.2) is 0 Å². The first kappa shape index (κ1) is 20.3. The van der Waals surface area contributed by atoms with Crippen molar-refractivity contribution < 1.29 is 23.2 Å². The molecule has 28 heavy (non-hydrogen) atoms. The molecule has 0 nitrogen and oxygen atoms in total. The Kier molecular flexibility index (Phi) is 5.31. The Morgan fingerprint density at radius 2 is 1.50 bits per heavy atom. The Balaban J connectivity index is 1.83. The third-order valence-electron chi connectivity index (χ3n) is 6.76. The number of hydrogen-bond donors (Lipinski definition) is 0. The van der Waals surface area contributed by atoms with Crippen molar-refractivity contribution in [3.8, 4) is 0 Å². The zero-order valence-corrected chi connectivity index (χ0v) is 21.2. The van der Waals surface area contributed by atoms with Gasteiger partial charge >= 0.3 is 184 Å². The Morgan fingerprint density at radius 3 is 2.18 bits per heavy atom. The van der Waals surface area contributed by atoms with E-state index in [4.69, 9.17) is 0 Å². The molecule has 2 aliphatic rings. The minimum atomic E-state index is -0.935. The summed E-state index contributed by atoms with van der Waals surface area (Å²) in [6.07, 6.45) is 4.97. The summed E-state index contributed by atoms with van der Waals surface area (Å²) in [5.74, 6) is 0. The van der Waals surface area contributed by atoms with Gasteiger partial charge in [0, 0.05) is 0 Å². The molecule has 0 aliphatic heterocycles. The van der Waals surface area contributed by atoms with Crippen molar-refractivity contribution in [2.75, 3.05) is 0 Å². The van der Waals surface area contributed by atoms with E-state index in [2.05, 4.69) is 102 Å². The summed E-state index contributed by atoms with van der Waals surface area (Å²) in [4.78, 5) is 0. The van der Waals surface area contributed by atoms with Gasteiger partial charge in [0.05, 0.1) is 0 Å². The van der Waals surface area contributed by atoms with E-state index in [-0.39, 0.29) is 8.28 Å². The molecule has 0 heterocycles. The molecule has 0 saturated heterocycles. The van der Waals surface area contributed by atoms with Crippen LogP contribution in [0.15, 0.2) is 74.6 Å². The predicted molar refractivity (Wildman–Crippen MR) is 121 cm³/mol. The molecule has 0 N–H and O–H groups in total. The van der Waals surface area contributed by atoms with Crippen LogP contribution >= 0.6 is 8.58 Å². The molecule has 2 aromatic carbocycles. The number of hydrogen-bond acceptors (Lipinski definition) is 0. The molecule has 2 aromatic rings. The Bertz CT molecular complexity index is 1040. The van der Waals surface area contributed by atoms with Crippen LogP contribution in [0.5, 0.6) is 0 Å². The third-order valence-corrected chi connectivity index (χ3v) is 15.2. The summed E-state index contributed by atoms with van der Waals surface area (Å²) in [6, 6.07) is 18.1. The molecule has 0 radical (unpaired) electrons. The van der Waals surface area contributed by atoms with Crippen molar-refractivity contribution in [2.45, 2.75) is 44.4 Å². The Morgan fingerprint density at radius 1 is 0.821 bits per heavy atom. The summed E-state index contributed by atoms with van der Waals surface area (Å²) < 4.78 is 2.01. The maximum absolute atomic E-state index is 2.58. The van der Waals surface area contributed by atoms with E-state index >= 15 is 0 Å². The second-order valence-corrected chi connectivity index (χ2v) is 15.3. The molecule has 142 valence electrons. The first-order valence-corrected chi connectivity index (χ1v) is 13.5. The standard InChI is InChI=1S/C16H14P.C10H15.Zr/c1-12-6-2-5-9-15(12)17-16-11-10-13-7-3-4-8-14(13)16;1-7-6-10(4,5)9(3)8(7)2;/h2-11,17H,1H3;1-5H3;. The summed E-state index contributed by atoms with van der Waals surface area (Å²) in [5.41, 5.74) is 9.34. The molecule has 2 aliphatic carbocycles. The second-order valence-electron chi connectivity index (χ2n) is 8.67. The van der Waals surface area contributed by atoms with E-state index in [1.165, 1.54) is 22.0 Å². The zero-order valence-electron chi connectivity index (χ0n) is 17.8. The Hall–Kier alpha value is -1.03. The molecule has 0 saturated carbocycles. The molecule has 0 aromatic heterocycles. The zero-order chi connectivity index (χ0) is 20.1. The van der Waals surface area contributed by atoms with Crippen LogP contribution in [0.1, 0.15) is 51.3 Å². The van der Waals surface area contributed by atoms with Gasteiger partial charge in [0.2, 0.25) is 0 Å². The van der Waals surface area contributed by atoms with Gasteiger partial charge in [-0.25, -0.2) is 0 Å². The van der Waals surface area contributed by atoms with Crippen molar-refractivity contribution >= 4 is 20.0 Å². The van der Waals surface area contributed by atoms with Crippen LogP contribution in [0.3, 0.4) is 0 Å². The molecular formula is C26H29PZr. The SMILES string of the molecule is CC1=C(C)C(C)(C)[C]([Zr][C]2(Pc3ccccc3C)C=Cc3ccccc32)=C1C. The fourth-order valence-electron chi connectivity index (χ4n) is 4.52. The molecular weight excluding hydrogens is 434 g/mol. The number of allylic oxidation sites excluding steroid dienone is 5. The van der Waals surface area contributed by atoms with Crippen molar-refractivity contribution in [1.29, 1.82) is 0 Å². The van der Waals surface area contributed by atoms with Crippen molar-refractivity contribution in [1.82, 2.24) is 0 Å². The van der Waals surface area contributed by atoms with Gasteiger partial charge in [-0.3, -0.25) is 0 Å². The van der Waals surface area contributed by atoms with Crippen molar-refractivity contribution in [3.63, 3.8) is 0 Å². The van der Waals surface area contributed by atoms with Gasteiger partial charge in [-0.05, 0) is 0 Å². The van der Waals surface area contributed by atoms with Gasteiger partial charge in [-0.2, -0.15) is 0 Å². The molecule has 0 amide bonds. The predicted octanol–water partition coefficient (Wildman–Crippen LogP) is 6.91. The van der Waals surface area contributed by atoms with Crippen LogP contribution in [-0.2, 0) is 26.1 Å². The first-order valence-electron chi connectivity index (χ1n) is 10.1. The van der Waals surface area contributed by atoms with Crippen LogP contribution in [0.25, 0.3) is 6.08 Å². The van der Waals surface area contributed by atoms with E-state index in [1.54, 1.807) is 20.0 Å². The normalized spacial score (nSPS) is 23.2. The van der Waals surface area contributed by atoms with E-state index in [1.807, 2.05) is 0 Å². The van der Waals surface area contributed by atoms with E-state index in [9.17, 15) is 0 Å². The quantitative estimate of drug-likeness (QED) is 0.432. The second kappa shape index (κ2) is 7.34. The molecule has 2 atom stereocenters. The number of aryl methyl sites for hydroxylation is 1. The van der Waals surface area contributed by atoms with Crippen LogP contribution in [0.4, 0.5) is 0 Å². The van der Waals surface area contributed by atoms with Crippen LogP contribution in [0.2, 0.25) is 0 Å². The fraction of sp³-hybridized carbons (Fsp3) is 0.308. The summed E-state index contributed by atoms with van der Waals surface area (Å²) in [7, 11) is 0.807. The number of fused-ring (bicyclic) bond motifs is 1. The number of benzene rings is 2. The van der Waals surface area contributed by atoms with Gasteiger partial charge in [0.25, 0.3) is 0 Å². The third kappa shape index (κ3) is 3.20. The summed E-state index contributed by atoms with van der Waals surface area (Å²) in [5, 5.41) is 1.53. The first-order chi connectivity index (χ1) is 13.3.